The Kier molecular flexibility index (Phi) is 3.72. The standard InChI is InChI=1S/C13H18N2.ClH/c1-2-11-4-5-13(10-12(11)3-1)15-8-6-14-7-9-15;/h4-5,10,14H,1-3,6-9H2;1H. The number of nitrogens with zero attached hydrogens (tertiary/aromatic N) is 1. The van der Waals surface area contributed by atoms with E-state index in [9.17, 15) is 0 Å². The molecule has 1 heterocycles. The highest BCUT2D eigenvalue weighted by Crippen LogP contribution is 2.26. The van der Waals surface area contributed by atoms with Crippen LogP contribution in [0.1, 0.15) is 17.5 Å². The third-order valence-electron chi connectivity index (χ3n) is 3.56. The average molecular weight is 239 g/mol. The van der Waals surface area contributed by atoms with Crippen molar-refractivity contribution in [2.24, 2.45) is 0 Å². The lowest BCUT2D eigenvalue weighted by molar-refractivity contribution is 0.589. The molecule has 1 aliphatic carbocycles. The molecule has 16 heavy (non-hydrogen) atoms. The quantitative estimate of drug-likeness (QED) is 0.805. The number of fused-ring (bicyclic) bond motifs is 1. The molecule has 88 valence electrons. The van der Waals surface area contributed by atoms with E-state index in [0.717, 1.165) is 26.2 Å². The van der Waals surface area contributed by atoms with Gasteiger partial charge in [-0.2, -0.15) is 0 Å². The molecule has 2 nitrogen and oxygen atoms in total. The highest BCUT2D eigenvalue weighted by Gasteiger charge is 2.14. The van der Waals surface area contributed by atoms with E-state index >= 15 is 0 Å². The van der Waals surface area contributed by atoms with Crippen LogP contribution >= 0.6 is 12.4 Å². The lowest BCUT2D eigenvalue weighted by atomic mass is 10.1. The second-order valence-electron chi connectivity index (χ2n) is 4.54. The zero-order chi connectivity index (χ0) is 10.1. The van der Waals surface area contributed by atoms with Gasteiger partial charge in [-0.05, 0) is 42.5 Å². The normalized spacial score (nSPS) is 19.1. The van der Waals surface area contributed by atoms with Crippen molar-refractivity contribution in [3.8, 4) is 0 Å². The number of aryl methyl sites for hydroxylation is 2. The minimum absolute atomic E-state index is 0. The van der Waals surface area contributed by atoms with Crippen molar-refractivity contribution in [2.75, 3.05) is 31.1 Å². The molecular weight excluding hydrogens is 220 g/mol. The van der Waals surface area contributed by atoms with Crippen molar-refractivity contribution in [3.63, 3.8) is 0 Å². The number of hydrogen-bond donors (Lipinski definition) is 1. The van der Waals surface area contributed by atoms with Crippen molar-refractivity contribution in [1.29, 1.82) is 0 Å². The Bertz CT molecular complexity index is 359. The van der Waals surface area contributed by atoms with Crippen LogP contribution in [0.5, 0.6) is 0 Å². The van der Waals surface area contributed by atoms with E-state index < -0.39 is 0 Å². The summed E-state index contributed by atoms with van der Waals surface area (Å²) < 4.78 is 0. The molecule has 1 saturated heterocycles. The van der Waals surface area contributed by atoms with Gasteiger partial charge in [-0.15, -0.1) is 12.4 Å². The highest BCUT2D eigenvalue weighted by molar-refractivity contribution is 5.85. The summed E-state index contributed by atoms with van der Waals surface area (Å²) in [6.45, 7) is 4.55. The first kappa shape index (κ1) is 11.7. The molecule has 3 heteroatoms. The van der Waals surface area contributed by atoms with Gasteiger partial charge in [-0.25, -0.2) is 0 Å². The van der Waals surface area contributed by atoms with Gasteiger partial charge in [-0.1, -0.05) is 6.07 Å². The van der Waals surface area contributed by atoms with Crippen LogP contribution in [-0.4, -0.2) is 26.2 Å². The zero-order valence-electron chi connectivity index (χ0n) is 9.54. The first-order valence-electron chi connectivity index (χ1n) is 6.01. The second-order valence-corrected chi connectivity index (χ2v) is 4.54. The van der Waals surface area contributed by atoms with Crippen LogP contribution in [0.3, 0.4) is 0 Å². The maximum Gasteiger partial charge on any atom is 0.0370 e. The number of anilines is 1. The molecule has 1 aliphatic heterocycles. The Hall–Kier alpha value is -0.730. The van der Waals surface area contributed by atoms with E-state index in [2.05, 4.69) is 28.4 Å². The predicted octanol–water partition coefficient (Wildman–Crippen LogP) is 2.01. The highest BCUT2D eigenvalue weighted by atomic mass is 35.5. The Balaban J connectivity index is 0.000000963. The summed E-state index contributed by atoms with van der Waals surface area (Å²) in [5.74, 6) is 0. The molecule has 0 aromatic heterocycles. The van der Waals surface area contributed by atoms with E-state index in [-0.39, 0.29) is 12.4 Å². The summed E-state index contributed by atoms with van der Waals surface area (Å²) in [6.07, 6.45) is 3.92. The van der Waals surface area contributed by atoms with E-state index in [1.54, 1.807) is 11.1 Å². The third-order valence-corrected chi connectivity index (χ3v) is 3.56. The van der Waals surface area contributed by atoms with Gasteiger partial charge in [0.15, 0.2) is 0 Å². The molecule has 1 aromatic carbocycles. The van der Waals surface area contributed by atoms with E-state index in [4.69, 9.17) is 0 Å². The van der Waals surface area contributed by atoms with Gasteiger partial charge in [0, 0.05) is 31.9 Å². The summed E-state index contributed by atoms with van der Waals surface area (Å²) >= 11 is 0. The van der Waals surface area contributed by atoms with Crippen molar-refractivity contribution >= 4 is 18.1 Å². The number of nitrogens with one attached hydrogen (secondary N) is 1. The Morgan fingerprint density at radius 2 is 1.75 bits per heavy atom. The van der Waals surface area contributed by atoms with Crippen molar-refractivity contribution in [3.05, 3.63) is 29.3 Å². The fraction of sp³-hybridized carbons (Fsp3) is 0.538. The number of piperazine rings is 1. The van der Waals surface area contributed by atoms with Crippen molar-refractivity contribution in [1.82, 2.24) is 5.32 Å². The van der Waals surface area contributed by atoms with E-state index in [0.29, 0.717) is 0 Å². The molecular formula is C13H19ClN2. The van der Waals surface area contributed by atoms with Crippen LogP contribution in [0, 0.1) is 0 Å². The Labute approximate surface area is 103 Å². The Morgan fingerprint density at radius 3 is 2.56 bits per heavy atom. The predicted molar refractivity (Wildman–Crippen MR) is 70.8 cm³/mol. The molecule has 0 bridgehead atoms. The first-order chi connectivity index (χ1) is 7.43. The SMILES string of the molecule is Cl.c1cc2c(cc1N1CCNCC1)CCC2. The Morgan fingerprint density at radius 1 is 1.00 bits per heavy atom. The van der Waals surface area contributed by atoms with Crippen LogP contribution in [0.4, 0.5) is 5.69 Å². The second kappa shape index (κ2) is 5.07. The maximum atomic E-state index is 3.40. The minimum Gasteiger partial charge on any atom is -0.369 e. The molecule has 1 aromatic rings. The number of halogens is 1. The molecule has 1 fully saturated rings. The fourth-order valence-electron chi connectivity index (χ4n) is 2.68. The van der Waals surface area contributed by atoms with Crippen LogP contribution < -0.4 is 10.2 Å². The van der Waals surface area contributed by atoms with Gasteiger partial charge in [0.25, 0.3) is 0 Å². The molecule has 0 unspecified atom stereocenters. The fourth-order valence-corrected chi connectivity index (χ4v) is 2.68. The smallest absolute Gasteiger partial charge is 0.0370 e. The summed E-state index contributed by atoms with van der Waals surface area (Å²) in [6, 6.07) is 7.04. The van der Waals surface area contributed by atoms with Crippen LogP contribution in [0.2, 0.25) is 0 Å². The van der Waals surface area contributed by atoms with E-state index in [1.807, 2.05) is 0 Å². The van der Waals surface area contributed by atoms with Crippen molar-refractivity contribution < 1.29 is 0 Å². The van der Waals surface area contributed by atoms with Crippen LogP contribution in [-0.2, 0) is 12.8 Å². The molecule has 0 saturated carbocycles. The summed E-state index contributed by atoms with van der Waals surface area (Å²) in [7, 11) is 0. The largest absolute Gasteiger partial charge is 0.369 e. The van der Waals surface area contributed by atoms with Crippen LogP contribution in [0.25, 0.3) is 0 Å². The molecule has 1 N–H and O–H groups in total. The van der Waals surface area contributed by atoms with Gasteiger partial charge in [-0.3, -0.25) is 0 Å². The molecule has 0 radical (unpaired) electrons. The summed E-state index contributed by atoms with van der Waals surface area (Å²) in [5, 5.41) is 3.40. The molecule has 0 spiro atoms. The zero-order valence-corrected chi connectivity index (χ0v) is 10.4. The summed E-state index contributed by atoms with van der Waals surface area (Å²) in [4.78, 5) is 2.50. The summed E-state index contributed by atoms with van der Waals surface area (Å²) in [5.41, 5.74) is 4.59. The molecule has 3 rings (SSSR count). The average Bonchev–Trinajstić information content (AvgIpc) is 2.77. The first-order valence-corrected chi connectivity index (χ1v) is 6.01. The van der Waals surface area contributed by atoms with Gasteiger partial charge in [0.2, 0.25) is 0 Å². The molecule has 0 atom stereocenters. The van der Waals surface area contributed by atoms with Crippen molar-refractivity contribution in [2.45, 2.75) is 19.3 Å². The number of rotatable bonds is 1. The van der Waals surface area contributed by atoms with E-state index in [1.165, 1.54) is 24.9 Å². The van der Waals surface area contributed by atoms with Crippen LogP contribution in [0.15, 0.2) is 18.2 Å². The number of benzene rings is 1. The third kappa shape index (κ3) is 2.18. The molecule has 0 amide bonds. The van der Waals surface area contributed by atoms with Gasteiger partial charge in [0.05, 0.1) is 0 Å². The minimum atomic E-state index is 0. The van der Waals surface area contributed by atoms with Gasteiger partial charge >= 0.3 is 0 Å². The monoisotopic (exact) mass is 238 g/mol. The lowest BCUT2D eigenvalue weighted by Gasteiger charge is -2.29. The lowest BCUT2D eigenvalue weighted by Crippen LogP contribution is -2.43. The number of hydrogen-bond acceptors (Lipinski definition) is 2. The van der Waals surface area contributed by atoms with Gasteiger partial charge < -0.3 is 10.2 Å². The maximum absolute atomic E-state index is 3.40. The molecule has 2 aliphatic rings. The van der Waals surface area contributed by atoms with Gasteiger partial charge in [0.1, 0.15) is 0 Å². The topological polar surface area (TPSA) is 15.3 Å².